The van der Waals surface area contributed by atoms with Gasteiger partial charge in [-0.2, -0.15) is 0 Å². The van der Waals surface area contributed by atoms with Crippen molar-refractivity contribution in [2.24, 2.45) is 0 Å². The molecule has 18 heavy (non-hydrogen) atoms. The Labute approximate surface area is 110 Å². The van der Waals surface area contributed by atoms with E-state index in [1.165, 1.54) is 0 Å². The fourth-order valence-corrected chi connectivity index (χ4v) is 1.75. The van der Waals surface area contributed by atoms with E-state index in [-0.39, 0.29) is 0 Å². The summed E-state index contributed by atoms with van der Waals surface area (Å²) in [5.74, 6) is 0.912. The average molecular weight is 252 g/mol. The number of anilines is 1. The second-order valence-corrected chi connectivity index (χ2v) is 4.23. The zero-order valence-corrected chi connectivity index (χ0v) is 11.6. The first-order valence-corrected chi connectivity index (χ1v) is 6.44. The number of nitrogens with zero attached hydrogens (tertiary/aromatic N) is 1. The topological polar surface area (TPSA) is 47.7 Å². The second kappa shape index (κ2) is 7.95. The van der Waals surface area contributed by atoms with Crippen molar-refractivity contribution in [3.8, 4) is 5.75 Å². The molecule has 1 rings (SSSR count). The highest BCUT2D eigenvalue weighted by Gasteiger charge is 2.07. The van der Waals surface area contributed by atoms with Crippen LogP contribution in [-0.2, 0) is 11.3 Å². The van der Waals surface area contributed by atoms with E-state index in [1.807, 2.05) is 32.0 Å². The maximum atomic E-state index is 5.82. The number of hydrogen-bond donors (Lipinski definition) is 1. The molecule has 0 bridgehead atoms. The smallest absolute Gasteiger partial charge is 0.123 e. The number of benzene rings is 1. The molecule has 0 unspecified atom stereocenters. The summed E-state index contributed by atoms with van der Waals surface area (Å²) in [4.78, 5) is 2.20. The van der Waals surface area contributed by atoms with E-state index in [2.05, 4.69) is 11.9 Å². The summed E-state index contributed by atoms with van der Waals surface area (Å²) < 4.78 is 11.0. The second-order valence-electron chi connectivity index (χ2n) is 4.23. The van der Waals surface area contributed by atoms with Gasteiger partial charge in [-0.3, -0.25) is 4.90 Å². The summed E-state index contributed by atoms with van der Waals surface area (Å²) in [6, 6.07) is 5.78. The van der Waals surface area contributed by atoms with Crippen molar-refractivity contribution in [2.75, 3.05) is 39.1 Å². The lowest BCUT2D eigenvalue weighted by atomic mass is 10.1. The molecule has 0 radical (unpaired) electrons. The van der Waals surface area contributed by atoms with Gasteiger partial charge in [-0.15, -0.1) is 0 Å². The molecular formula is C14H24N2O2. The van der Waals surface area contributed by atoms with Gasteiger partial charge in [0.2, 0.25) is 0 Å². The molecule has 0 aliphatic carbocycles. The molecule has 0 atom stereocenters. The molecule has 0 amide bonds. The highest BCUT2D eigenvalue weighted by atomic mass is 16.5. The van der Waals surface area contributed by atoms with E-state index in [9.17, 15) is 0 Å². The zero-order valence-electron chi connectivity index (χ0n) is 11.6. The highest BCUT2D eigenvalue weighted by molar-refractivity contribution is 5.47. The van der Waals surface area contributed by atoms with E-state index in [1.54, 1.807) is 0 Å². The molecule has 0 aliphatic rings. The number of ether oxygens (including phenoxy) is 2. The minimum Gasteiger partial charge on any atom is -0.494 e. The first-order chi connectivity index (χ1) is 8.67. The first kappa shape index (κ1) is 14.8. The minimum atomic E-state index is 0.666. The first-order valence-electron chi connectivity index (χ1n) is 6.44. The zero-order chi connectivity index (χ0) is 13.4. The normalized spacial score (nSPS) is 10.9. The van der Waals surface area contributed by atoms with Crippen LogP contribution in [-0.4, -0.2) is 38.3 Å². The van der Waals surface area contributed by atoms with Gasteiger partial charge in [0, 0.05) is 30.9 Å². The Hall–Kier alpha value is -1.26. The van der Waals surface area contributed by atoms with Crippen molar-refractivity contribution in [3.05, 3.63) is 23.8 Å². The molecule has 4 heteroatoms. The van der Waals surface area contributed by atoms with E-state index < -0.39 is 0 Å². The number of nitrogens with two attached hydrogens (primary N) is 1. The van der Waals surface area contributed by atoms with E-state index in [4.69, 9.17) is 15.2 Å². The summed E-state index contributed by atoms with van der Waals surface area (Å²) in [6.45, 7) is 7.88. The predicted octanol–water partition coefficient (Wildman–Crippen LogP) is 2.14. The van der Waals surface area contributed by atoms with E-state index in [0.29, 0.717) is 6.61 Å². The molecule has 4 nitrogen and oxygen atoms in total. The van der Waals surface area contributed by atoms with Crippen LogP contribution >= 0.6 is 0 Å². The number of hydrogen-bond acceptors (Lipinski definition) is 4. The molecule has 2 N–H and O–H groups in total. The van der Waals surface area contributed by atoms with Gasteiger partial charge in [0.25, 0.3) is 0 Å². The largest absolute Gasteiger partial charge is 0.494 e. The molecule has 0 aromatic heterocycles. The quantitative estimate of drug-likeness (QED) is 0.569. The van der Waals surface area contributed by atoms with Gasteiger partial charge in [-0.1, -0.05) is 0 Å². The summed E-state index contributed by atoms with van der Waals surface area (Å²) in [5, 5.41) is 0. The summed E-state index contributed by atoms with van der Waals surface area (Å²) in [6.07, 6.45) is 0. The number of rotatable bonds is 8. The molecule has 0 saturated heterocycles. The Morgan fingerprint density at radius 2 is 2.00 bits per heavy atom. The van der Waals surface area contributed by atoms with E-state index in [0.717, 1.165) is 43.3 Å². The third kappa shape index (κ3) is 4.94. The Morgan fingerprint density at radius 1 is 1.22 bits per heavy atom. The van der Waals surface area contributed by atoms with Gasteiger partial charge in [0.15, 0.2) is 0 Å². The van der Waals surface area contributed by atoms with Gasteiger partial charge in [-0.05, 0) is 39.1 Å². The van der Waals surface area contributed by atoms with Crippen molar-refractivity contribution < 1.29 is 9.47 Å². The van der Waals surface area contributed by atoms with Gasteiger partial charge in [-0.25, -0.2) is 0 Å². The van der Waals surface area contributed by atoms with Crippen molar-refractivity contribution in [1.29, 1.82) is 0 Å². The molecule has 1 aromatic rings. The minimum absolute atomic E-state index is 0.666. The van der Waals surface area contributed by atoms with Gasteiger partial charge < -0.3 is 15.2 Å². The van der Waals surface area contributed by atoms with Crippen LogP contribution in [0.25, 0.3) is 0 Å². The average Bonchev–Trinajstić information content (AvgIpc) is 2.33. The third-order valence-corrected chi connectivity index (χ3v) is 2.65. The van der Waals surface area contributed by atoms with Crippen LogP contribution in [0.3, 0.4) is 0 Å². The lowest BCUT2D eigenvalue weighted by Gasteiger charge is -2.19. The fourth-order valence-electron chi connectivity index (χ4n) is 1.75. The Balaban J connectivity index is 2.60. The fraction of sp³-hybridized carbons (Fsp3) is 0.571. The van der Waals surface area contributed by atoms with Gasteiger partial charge in [0.1, 0.15) is 5.75 Å². The third-order valence-electron chi connectivity index (χ3n) is 2.65. The van der Waals surface area contributed by atoms with Crippen molar-refractivity contribution in [2.45, 2.75) is 20.4 Å². The maximum absolute atomic E-state index is 5.82. The molecule has 0 fully saturated rings. The Morgan fingerprint density at radius 3 is 2.67 bits per heavy atom. The SMILES string of the molecule is CCOCCN(C)Cc1cc(N)ccc1OCC. The maximum Gasteiger partial charge on any atom is 0.123 e. The summed E-state index contributed by atoms with van der Waals surface area (Å²) >= 11 is 0. The van der Waals surface area contributed by atoms with Crippen LogP contribution in [0, 0.1) is 0 Å². The van der Waals surface area contributed by atoms with Crippen molar-refractivity contribution in [1.82, 2.24) is 4.90 Å². The van der Waals surface area contributed by atoms with Crippen LogP contribution in [0.4, 0.5) is 5.69 Å². The summed E-state index contributed by atoms with van der Waals surface area (Å²) in [7, 11) is 2.07. The monoisotopic (exact) mass is 252 g/mol. The lowest BCUT2D eigenvalue weighted by Crippen LogP contribution is -2.23. The number of likely N-dealkylation sites (N-methyl/N-ethyl adjacent to an activating group) is 1. The van der Waals surface area contributed by atoms with Crippen LogP contribution in [0.15, 0.2) is 18.2 Å². The molecular weight excluding hydrogens is 228 g/mol. The molecule has 0 spiro atoms. The van der Waals surface area contributed by atoms with Crippen LogP contribution in [0.2, 0.25) is 0 Å². The standard InChI is InChI=1S/C14H24N2O2/c1-4-17-9-8-16(3)11-12-10-13(15)6-7-14(12)18-5-2/h6-7,10H,4-5,8-9,11,15H2,1-3H3. The van der Waals surface area contributed by atoms with Gasteiger partial charge in [0.05, 0.1) is 13.2 Å². The van der Waals surface area contributed by atoms with Crippen LogP contribution in [0.5, 0.6) is 5.75 Å². The molecule has 1 aromatic carbocycles. The van der Waals surface area contributed by atoms with Crippen LogP contribution < -0.4 is 10.5 Å². The molecule has 0 saturated carbocycles. The molecule has 0 heterocycles. The van der Waals surface area contributed by atoms with Crippen molar-refractivity contribution >= 4 is 5.69 Å². The van der Waals surface area contributed by atoms with Crippen LogP contribution in [0.1, 0.15) is 19.4 Å². The van der Waals surface area contributed by atoms with E-state index >= 15 is 0 Å². The number of nitrogen functional groups attached to an aromatic ring is 1. The Kier molecular flexibility index (Phi) is 6.54. The lowest BCUT2D eigenvalue weighted by molar-refractivity contribution is 0.120. The molecule has 102 valence electrons. The predicted molar refractivity (Wildman–Crippen MR) is 74.9 cm³/mol. The van der Waals surface area contributed by atoms with Gasteiger partial charge >= 0.3 is 0 Å². The molecule has 0 aliphatic heterocycles. The Bertz CT molecular complexity index is 356. The summed E-state index contributed by atoms with van der Waals surface area (Å²) in [5.41, 5.74) is 7.71. The van der Waals surface area contributed by atoms with Crippen molar-refractivity contribution in [3.63, 3.8) is 0 Å². The highest BCUT2D eigenvalue weighted by Crippen LogP contribution is 2.22.